The SMILES string of the molecule is Cc1ccccc1-c1cc(COC(C)Cc2ccc3c(c2)OCC3)ccc1C(=O)NC(CCS(C)(=O)=O)C(=O)O. The Morgan fingerprint density at radius 2 is 1.80 bits per heavy atom. The van der Waals surface area contributed by atoms with Crippen LogP contribution < -0.4 is 10.1 Å². The first-order valence-corrected chi connectivity index (χ1v) is 15.3. The maximum Gasteiger partial charge on any atom is 0.326 e. The summed E-state index contributed by atoms with van der Waals surface area (Å²) in [5.74, 6) is -1.27. The molecule has 0 bridgehead atoms. The van der Waals surface area contributed by atoms with Gasteiger partial charge >= 0.3 is 5.97 Å². The molecule has 0 saturated heterocycles. The van der Waals surface area contributed by atoms with Crippen LogP contribution in [0.2, 0.25) is 0 Å². The Labute approximate surface area is 235 Å². The smallest absolute Gasteiger partial charge is 0.326 e. The minimum Gasteiger partial charge on any atom is -0.493 e. The van der Waals surface area contributed by atoms with Gasteiger partial charge in [-0.3, -0.25) is 4.79 Å². The Bertz CT molecular complexity index is 1500. The van der Waals surface area contributed by atoms with Gasteiger partial charge in [0.15, 0.2) is 0 Å². The van der Waals surface area contributed by atoms with Gasteiger partial charge in [-0.05, 0) is 78.3 Å². The third-order valence-corrected chi connectivity index (χ3v) is 7.94. The molecule has 2 N–H and O–H groups in total. The molecule has 0 spiro atoms. The lowest BCUT2D eigenvalue weighted by Gasteiger charge is -2.18. The predicted molar refractivity (Wildman–Crippen MR) is 153 cm³/mol. The topological polar surface area (TPSA) is 119 Å². The second kappa shape index (κ2) is 12.7. The minimum atomic E-state index is -3.39. The summed E-state index contributed by atoms with van der Waals surface area (Å²) >= 11 is 0. The van der Waals surface area contributed by atoms with Crippen LogP contribution in [0.3, 0.4) is 0 Å². The molecule has 0 saturated carbocycles. The molecule has 0 aliphatic carbocycles. The molecule has 1 heterocycles. The molecule has 3 aromatic carbocycles. The van der Waals surface area contributed by atoms with Crippen LogP contribution in [0.15, 0.2) is 60.7 Å². The number of amides is 1. The zero-order valence-corrected chi connectivity index (χ0v) is 23.8. The van der Waals surface area contributed by atoms with E-state index in [1.54, 1.807) is 12.1 Å². The van der Waals surface area contributed by atoms with Crippen LogP contribution in [0.5, 0.6) is 5.75 Å². The Balaban J connectivity index is 1.51. The predicted octanol–water partition coefficient (Wildman–Crippen LogP) is 4.36. The maximum atomic E-state index is 13.3. The zero-order valence-electron chi connectivity index (χ0n) is 23.0. The molecule has 212 valence electrons. The van der Waals surface area contributed by atoms with Crippen LogP contribution in [0.4, 0.5) is 0 Å². The highest BCUT2D eigenvalue weighted by Gasteiger charge is 2.24. The number of hydrogen-bond donors (Lipinski definition) is 2. The van der Waals surface area contributed by atoms with Crippen molar-refractivity contribution in [1.29, 1.82) is 0 Å². The number of aliphatic carboxylic acids is 1. The molecule has 1 aliphatic rings. The lowest BCUT2D eigenvalue weighted by atomic mass is 9.93. The third kappa shape index (κ3) is 7.70. The average Bonchev–Trinajstić information content (AvgIpc) is 3.37. The first-order chi connectivity index (χ1) is 19.0. The van der Waals surface area contributed by atoms with Crippen LogP contribution in [-0.2, 0) is 38.8 Å². The number of benzene rings is 3. The van der Waals surface area contributed by atoms with E-state index in [4.69, 9.17) is 9.47 Å². The third-order valence-electron chi connectivity index (χ3n) is 6.96. The lowest BCUT2D eigenvalue weighted by molar-refractivity contribution is -0.139. The number of ether oxygens (including phenoxy) is 2. The van der Waals surface area contributed by atoms with Crippen molar-refractivity contribution in [2.24, 2.45) is 0 Å². The molecule has 4 rings (SSSR count). The van der Waals surface area contributed by atoms with E-state index in [0.717, 1.165) is 53.7 Å². The van der Waals surface area contributed by atoms with Crippen LogP contribution in [0.1, 0.15) is 46.0 Å². The molecule has 9 heteroatoms. The second-order valence-corrected chi connectivity index (χ2v) is 12.6. The van der Waals surface area contributed by atoms with Gasteiger partial charge < -0.3 is 19.9 Å². The van der Waals surface area contributed by atoms with E-state index < -0.39 is 27.8 Å². The van der Waals surface area contributed by atoms with Gasteiger partial charge in [0.1, 0.15) is 21.6 Å². The number of sulfone groups is 1. The number of nitrogens with one attached hydrogen (secondary N) is 1. The van der Waals surface area contributed by atoms with E-state index in [2.05, 4.69) is 23.5 Å². The van der Waals surface area contributed by atoms with Crippen LogP contribution in [0, 0.1) is 6.92 Å². The van der Waals surface area contributed by atoms with E-state index >= 15 is 0 Å². The molecule has 40 heavy (non-hydrogen) atoms. The number of carbonyl (C=O) groups excluding carboxylic acids is 1. The number of carboxylic acid groups (broad SMARTS) is 1. The van der Waals surface area contributed by atoms with Crippen molar-refractivity contribution in [2.75, 3.05) is 18.6 Å². The summed E-state index contributed by atoms with van der Waals surface area (Å²) in [6.07, 6.45) is 2.42. The number of hydrogen-bond acceptors (Lipinski definition) is 6. The molecule has 0 fully saturated rings. The van der Waals surface area contributed by atoms with Crippen molar-refractivity contribution in [2.45, 2.75) is 51.9 Å². The molecule has 8 nitrogen and oxygen atoms in total. The number of carboxylic acids is 1. The van der Waals surface area contributed by atoms with Crippen LogP contribution in [0.25, 0.3) is 11.1 Å². The van der Waals surface area contributed by atoms with Gasteiger partial charge in [-0.15, -0.1) is 0 Å². The van der Waals surface area contributed by atoms with E-state index in [0.29, 0.717) is 17.7 Å². The Morgan fingerprint density at radius 3 is 2.52 bits per heavy atom. The molecular formula is C31H35NO7S. The molecule has 0 aromatic heterocycles. The normalized spacial score (nSPS) is 14.2. The quantitative estimate of drug-likeness (QED) is 0.335. The summed E-state index contributed by atoms with van der Waals surface area (Å²) < 4.78 is 35.0. The highest BCUT2D eigenvalue weighted by molar-refractivity contribution is 7.90. The fourth-order valence-corrected chi connectivity index (χ4v) is 5.43. The van der Waals surface area contributed by atoms with Gasteiger partial charge in [0.05, 0.1) is 25.1 Å². The minimum absolute atomic E-state index is 0.0597. The second-order valence-electron chi connectivity index (χ2n) is 10.3. The van der Waals surface area contributed by atoms with Crippen molar-refractivity contribution < 1.29 is 32.6 Å². The van der Waals surface area contributed by atoms with Crippen molar-refractivity contribution in [3.63, 3.8) is 0 Å². The zero-order chi connectivity index (χ0) is 28.9. The van der Waals surface area contributed by atoms with Gasteiger partial charge in [-0.2, -0.15) is 0 Å². The summed E-state index contributed by atoms with van der Waals surface area (Å²) in [5, 5.41) is 12.1. The Kier molecular flexibility index (Phi) is 9.27. The average molecular weight is 566 g/mol. The lowest BCUT2D eigenvalue weighted by Crippen LogP contribution is -2.42. The van der Waals surface area contributed by atoms with E-state index in [1.165, 1.54) is 5.56 Å². The molecular weight excluding hydrogens is 530 g/mol. The van der Waals surface area contributed by atoms with Crippen molar-refractivity contribution in [3.8, 4) is 16.9 Å². The highest BCUT2D eigenvalue weighted by Crippen LogP contribution is 2.30. The molecule has 1 aliphatic heterocycles. The number of fused-ring (bicyclic) bond motifs is 1. The molecule has 2 atom stereocenters. The number of rotatable bonds is 12. The van der Waals surface area contributed by atoms with E-state index in [-0.39, 0.29) is 18.3 Å². The van der Waals surface area contributed by atoms with Crippen LogP contribution >= 0.6 is 0 Å². The molecule has 0 radical (unpaired) electrons. The molecule has 1 amide bonds. The summed E-state index contributed by atoms with van der Waals surface area (Å²) in [7, 11) is -3.39. The highest BCUT2D eigenvalue weighted by atomic mass is 32.2. The maximum absolute atomic E-state index is 13.3. The monoisotopic (exact) mass is 565 g/mol. The van der Waals surface area contributed by atoms with Crippen LogP contribution in [-0.4, -0.2) is 56.2 Å². The summed E-state index contributed by atoms with van der Waals surface area (Å²) in [6, 6.07) is 17.9. The van der Waals surface area contributed by atoms with E-state index in [9.17, 15) is 23.1 Å². The molecule has 2 unspecified atom stereocenters. The first-order valence-electron chi connectivity index (χ1n) is 13.3. The van der Waals surface area contributed by atoms with Crippen molar-refractivity contribution >= 4 is 21.7 Å². The Morgan fingerprint density at radius 1 is 1.05 bits per heavy atom. The van der Waals surface area contributed by atoms with Gasteiger partial charge in [0.25, 0.3) is 5.91 Å². The number of carbonyl (C=O) groups is 2. The van der Waals surface area contributed by atoms with Crippen molar-refractivity contribution in [3.05, 3.63) is 88.5 Å². The van der Waals surface area contributed by atoms with Gasteiger partial charge in [-0.25, -0.2) is 13.2 Å². The number of aryl methyl sites for hydroxylation is 1. The largest absolute Gasteiger partial charge is 0.493 e. The Hall–Kier alpha value is -3.69. The summed E-state index contributed by atoms with van der Waals surface area (Å²) in [5.41, 5.74) is 5.98. The fraction of sp³-hybridized carbons (Fsp3) is 0.355. The molecule has 3 aromatic rings. The van der Waals surface area contributed by atoms with Crippen molar-refractivity contribution in [1.82, 2.24) is 5.32 Å². The van der Waals surface area contributed by atoms with Gasteiger partial charge in [0.2, 0.25) is 0 Å². The fourth-order valence-electron chi connectivity index (χ4n) is 4.77. The van der Waals surface area contributed by atoms with E-state index in [1.807, 2.05) is 44.2 Å². The summed E-state index contributed by atoms with van der Waals surface area (Å²) in [4.78, 5) is 25.0. The van der Waals surface area contributed by atoms with Gasteiger partial charge in [0, 0.05) is 18.2 Å². The standard InChI is InChI=1S/C31H35NO7S/c1-20-6-4-5-7-25(20)27-17-23(19-39-21(2)16-22-8-10-24-12-14-38-29(24)18-22)9-11-26(27)30(33)32-28(31(34)35)13-15-40(3,36)37/h4-11,17-18,21,28H,12-16,19H2,1-3H3,(H,32,33)(H,34,35). The van der Waals surface area contributed by atoms with Gasteiger partial charge in [-0.1, -0.05) is 42.5 Å². The first kappa shape index (κ1) is 29.3. The summed E-state index contributed by atoms with van der Waals surface area (Å²) in [6.45, 7) is 5.00.